The number of ketones is 1. The lowest BCUT2D eigenvalue weighted by atomic mass is 9.95. The van der Waals surface area contributed by atoms with Crippen molar-refractivity contribution in [2.45, 2.75) is 32.9 Å². The third-order valence-corrected chi connectivity index (χ3v) is 6.36. The SMILES string of the molecule is CCCOc1cccc(/C(O)=C2/C(=O)C(=O)N(CCOC)C2c2cccc(OCc3ccc(C)cc3)c2)c1. The van der Waals surface area contributed by atoms with E-state index in [9.17, 15) is 14.7 Å². The van der Waals surface area contributed by atoms with Crippen molar-refractivity contribution in [1.29, 1.82) is 0 Å². The van der Waals surface area contributed by atoms with Gasteiger partial charge >= 0.3 is 0 Å². The van der Waals surface area contributed by atoms with Crippen LogP contribution in [0.5, 0.6) is 11.5 Å². The van der Waals surface area contributed by atoms with Crippen molar-refractivity contribution in [3.05, 3.63) is 101 Å². The molecule has 198 valence electrons. The molecule has 0 bridgehead atoms. The summed E-state index contributed by atoms with van der Waals surface area (Å²) in [6.45, 7) is 5.37. The van der Waals surface area contributed by atoms with E-state index in [-0.39, 0.29) is 24.5 Å². The minimum atomic E-state index is -0.798. The molecule has 1 atom stereocenters. The first-order valence-electron chi connectivity index (χ1n) is 12.7. The summed E-state index contributed by atoms with van der Waals surface area (Å²) in [5.41, 5.74) is 3.28. The van der Waals surface area contributed by atoms with Gasteiger partial charge in [-0.2, -0.15) is 0 Å². The average molecular weight is 516 g/mol. The van der Waals surface area contributed by atoms with Crippen molar-refractivity contribution in [3.63, 3.8) is 0 Å². The number of aliphatic hydroxyl groups is 1. The lowest BCUT2D eigenvalue weighted by Crippen LogP contribution is -2.32. The second-order valence-corrected chi connectivity index (χ2v) is 9.21. The molecule has 0 radical (unpaired) electrons. The molecule has 0 aromatic heterocycles. The smallest absolute Gasteiger partial charge is 0.295 e. The van der Waals surface area contributed by atoms with E-state index in [2.05, 4.69) is 0 Å². The van der Waals surface area contributed by atoms with E-state index in [0.29, 0.717) is 35.8 Å². The van der Waals surface area contributed by atoms with Crippen LogP contribution >= 0.6 is 0 Å². The van der Waals surface area contributed by atoms with E-state index < -0.39 is 17.7 Å². The number of aliphatic hydroxyl groups excluding tert-OH is 1. The Morgan fingerprint density at radius 2 is 1.63 bits per heavy atom. The van der Waals surface area contributed by atoms with Crippen LogP contribution in [-0.2, 0) is 20.9 Å². The Bertz CT molecular complexity index is 1310. The molecular weight excluding hydrogens is 482 g/mol. The number of amides is 1. The molecule has 0 spiro atoms. The summed E-state index contributed by atoms with van der Waals surface area (Å²) < 4.78 is 16.9. The summed E-state index contributed by atoms with van der Waals surface area (Å²) in [6.07, 6.45) is 0.836. The number of methoxy groups -OCH3 is 1. The van der Waals surface area contributed by atoms with Crippen molar-refractivity contribution >= 4 is 17.4 Å². The van der Waals surface area contributed by atoms with Crippen LogP contribution in [-0.4, -0.2) is 48.6 Å². The zero-order chi connectivity index (χ0) is 27.1. The minimum absolute atomic E-state index is 0.0226. The maximum atomic E-state index is 13.2. The number of carbonyl (C=O) groups is 2. The fourth-order valence-corrected chi connectivity index (χ4v) is 4.38. The summed E-state index contributed by atoms with van der Waals surface area (Å²) in [5.74, 6) is -0.503. The molecule has 1 unspecified atom stereocenters. The van der Waals surface area contributed by atoms with Gasteiger partial charge in [-0.1, -0.05) is 61.0 Å². The van der Waals surface area contributed by atoms with Gasteiger partial charge in [0.2, 0.25) is 0 Å². The molecule has 1 aliphatic heterocycles. The first-order valence-corrected chi connectivity index (χ1v) is 12.7. The van der Waals surface area contributed by atoms with Crippen molar-refractivity contribution in [2.24, 2.45) is 0 Å². The van der Waals surface area contributed by atoms with Crippen LogP contribution in [0.15, 0.2) is 78.4 Å². The van der Waals surface area contributed by atoms with Gasteiger partial charge < -0.3 is 24.2 Å². The maximum Gasteiger partial charge on any atom is 0.295 e. The van der Waals surface area contributed by atoms with E-state index >= 15 is 0 Å². The highest BCUT2D eigenvalue weighted by Gasteiger charge is 2.46. The van der Waals surface area contributed by atoms with Crippen molar-refractivity contribution in [1.82, 2.24) is 4.90 Å². The summed E-state index contributed by atoms with van der Waals surface area (Å²) in [5, 5.41) is 11.3. The van der Waals surface area contributed by atoms with Crippen LogP contribution in [0, 0.1) is 6.92 Å². The van der Waals surface area contributed by atoms with E-state index in [0.717, 1.165) is 12.0 Å². The van der Waals surface area contributed by atoms with Gasteiger partial charge in [0.25, 0.3) is 11.7 Å². The monoisotopic (exact) mass is 515 g/mol. The summed E-state index contributed by atoms with van der Waals surface area (Å²) >= 11 is 0. The number of benzene rings is 3. The van der Waals surface area contributed by atoms with Crippen molar-refractivity contribution in [2.75, 3.05) is 26.9 Å². The van der Waals surface area contributed by atoms with Crippen LogP contribution in [0.4, 0.5) is 0 Å². The molecule has 1 amide bonds. The largest absolute Gasteiger partial charge is 0.507 e. The highest BCUT2D eigenvalue weighted by atomic mass is 16.5. The number of Topliss-reactive ketones (excluding diaryl/α,β-unsaturated/α-hetero) is 1. The van der Waals surface area contributed by atoms with Crippen molar-refractivity contribution < 1.29 is 28.9 Å². The predicted octanol–water partition coefficient (Wildman–Crippen LogP) is 5.43. The Balaban J connectivity index is 1.71. The van der Waals surface area contributed by atoms with Gasteiger partial charge in [0.15, 0.2) is 0 Å². The number of ether oxygens (including phenoxy) is 3. The number of nitrogens with zero attached hydrogens (tertiary/aromatic N) is 1. The topological polar surface area (TPSA) is 85.3 Å². The van der Waals surface area contributed by atoms with Gasteiger partial charge in [0.05, 0.1) is 24.8 Å². The van der Waals surface area contributed by atoms with Crippen LogP contribution in [0.3, 0.4) is 0 Å². The molecule has 38 heavy (non-hydrogen) atoms. The number of likely N-dealkylation sites (tertiary alicyclic amines) is 1. The molecule has 3 aromatic rings. The summed E-state index contributed by atoms with van der Waals surface area (Å²) in [6, 6.07) is 21.4. The Kier molecular flexibility index (Phi) is 8.81. The molecule has 0 saturated carbocycles. The van der Waals surface area contributed by atoms with Crippen LogP contribution in [0.25, 0.3) is 5.76 Å². The molecule has 1 heterocycles. The van der Waals surface area contributed by atoms with E-state index in [1.807, 2.05) is 56.3 Å². The first-order chi connectivity index (χ1) is 18.4. The Morgan fingerprint density at radius 1 is 0.921 bits per heavy atom. The van der Waals surface area contributed by atoms with Crippen molar-refractivity contribution in [3.8, 4) is 11.5 Å². The fourth-order valence-electron chi connectivity index (χ4n) is 4.38. The number of aryl methyl sites for hydroxylation is 1. The number of hydrogen-bond donors (Lipinski definition) is 1. The predicted molar refractivity (Wildman–Crippen MR) is 145 cm³/mol. The molecule has 0 aliphatic carbocycles. The molecule has 1 aliphatic rings. The molecule has 1 saturated heterocycles. The highest BCUT2D eigenvalue weighted by Crippen LogP contribution is 2.40. The van der Waals surface area contributed by atoms with Crippen LogP contribution in [0.1, 0.15) is 41.6 Å². The van der Waals surface area contributed by atoms with Gasteiger partial charge in [-0.3, -0.25) is 9.59 Å². The number of carbonyl (C=O) groups excluding carboxylic acids is 2. The van der Waals surface area contributed by atoms with Crippen LogP contribution < -0.4 is 9.47 Å². The zero-order valence-electron chi connectivity index (χ0n) is 22.0. The summed E-state index contributed by atoms with van der Waals surface area (Å²) in [7, 11) is 1.53. The third-order valence-electron chi connectivity index (χ3n) is 6.36. The fraction of sp³-hybridized carbons (Fsp3) is 0.290. The van der Waals surface area contributed by atoms with E-state index in [1.54, 1.807) is 30.3 Å². The zero-order valence-corrected chi connectivity index (χ0v) is 22.0. The molecule has 3 aromatic carbocycles. The molecule has 4 rings (SSSR count). The third kappa shape index (κ3) is 6.06. The molecule has 1 fully saturated rings. The van der Waals surface area contributed by atoms with Gasteiger partial charge in [-0.25, -0.2) is 0 Å². The Labute approximate surface area is 223 Å². The molecular formula is C31H33NO6. The molecule has 1 N–H and O–H groups in total. The van der Waals surface area contributed by atoms with Crippen LogP contribution in [0.2, 0.25) is 0 Å². The average Bonchev–Trinajstić information content (AvgIpc) is 3.19. The lowest BCUT2D eigenvalue weighted by molar-refractivity contribution is -0.140. The summed E-state index contributed by atoms with van der Waals surface area (Å²) in [4.78, 5) is 27.8. The van der Waals surface area contributed by atoms with Gasteiger partial charge in [0.1, 0.15) is 23.9 Å². The normalized spacial score (nSPS) is 16.6. The Morgan fingerprint density at radius 3 is 2.34 bits per heavy atom. The van der Waals surface area contributed by atoms with E-state index in [1.165, 1.54) is 17.6 Å². The standard InChI is InChI=1S/C31H33NO6/c1-4-16-37-25-9-6-8-24(19-25)29(33)27-28(32(15-17-36-3)31(35)30(27)34)23-7-5-10-26(18-23)38-20-22-13-11-21(2)12-14-22/h5-14,18-19,28,33H,4,15-17,20H2,1-3H3/b29-27-. The molecule has 7 heteroatoms. The number of hydrogen-bond acceptors (Lipinski definition) is 6. The van der Waals surface area contributed by atoms with E-state index in [4.69, 9.17) is 14.2 Å². The maximum absolute atomic E-state index is 13.2. The Hall–Kier alpha value is -4.10. The first kappa shape index (κ1) is 26.9. The number of rotatable bonds is 11. The van der Waals surface area contributed by atoms with Gasteiger partial charge in [-0.05, 0) is 48.7 Å². The second kappa shape index (κ2) is 12.4. The van der Waals surface area contributed by atoms with Gasteiger partial charge in [-0.15, -0.1) is 0 Å². The second-order valence-electron chi connectivity index (χ2n) is 9.21. The minimum Gasteiger partial charge on any atom is -0.507 e. The molecule has 7 nitrogen and oxygen atoms in total. The lowest BCUT2D eigenvalue weighted by Gasteiger charge is -2.25. The quantitative estimate of drug-likeness (QED) is 0.208. The highest BCUT2D eigenvalue weighted by molar-refractivity contribution is 6.46. The van der Waals surface area contributed by atoms with Gasteiger partial charge in [0, 0.05) is 19.2 Å².